The zero-order valence-corrected chi connectivity index (χ0v) is 6.42. The van der Waals surface area contributed by atoms with E-state index in [1.165, 1.54) is 0 Å². The lowest BCUT2D eigenvalue weighted by Crippen LogP contribution is -2.02. The molecular weight excluding hydrogens is 126 g/mol. The lowest BCUT2D eigenvalue weighted by molar-refractivity contribution is 0.446. The van der Waals surface area contributed by atoms with E-state index in [2.05, 4.69) is 6.92 Å². The highest BCUT2D eigenvalue weighted by Crippen LogP contribution is 2.13. The van der Waals surface area contributed by atoms with Crippen molar-refractivity contribution in [3.8, 4) is 0 Å². The Labute approximate surface area is 61.0 Å². The number of aryl methyl sites for hydroxylation is 1. The molecule has 0 bridgehead atoms. The van der Waals surface area contributed by atoms with E-state index >= 15 is 0 Å². The van der Waals surface area contributed by atoms with E-state index in [4.69, 9.17) is 10.2 Å². The van der Waals surface area contributed by atoms with Crippen LogP contribution in [-0.2, 0) is 6.42 Å². The van der Waals surface area contributed by atoms with E-state index in [1.54, 1.807) is 0 Å². The van der Waals surface area contributed by atoms with Gasteiger partial charge in [-0.3, -0.25) is 0 Å². The smallest absolute Gasteiger partial charge is 0.120 e. The second-order valence-electron chi connectivity index (χ2n) is 2.45. The summed E-state index contributed by atoms with van der Waals surface area (Å²) >= 11 is 0. The molecule has 0 radical (unpaired) electrons. The molecule has 1 atom stereocenters. The molecule has 2 N–H and O–H groups in total. The van der Waals surface area contributed by atoms with Crippen molar-refractivity contribution >= 4 is 0 Å². The molecule has 0 fully saturated rings. The van der Waals surface area contributed by atoms with Crippen LogP contribution in [0.15, 0.2) is 16.5 Å². The first-order valence-corrected chi connectivity index (χ1v) is 3.58. The molecule has 2 heteroatoms. The van der Waals surface area contributed by atoms with E-state index in [1.807, 2.05) is 19.1 Å². The summed E-state index contributed by atoms with van der Waals surface area (Å²) in [6, 6.07) is 3.92. The van der Waals surface area contributed by atoms with E-state index in [0.29, 0.717) is 0 Å². The maximum absolute atomic E-state index is 5.59. The van der Waals surface area contributed by atoms with Crippen molar-refractivity contribution in [1.82, 2.24) is 0 Å². The molecule has 10 heavy (non-hydrogen) atoms. The fourth-order valence-corrected chi connectivity index (χ4v) is 0.829. The van der Waals surface area contributed by atoms with Gasteiger partial charge in [0.2, 0.25) is 0 Å². The largest absolute Gasteiger partial charge is 0.464 e. The molecule has 0 aliphatic carbocycles. The van der Waals surface area contributed by atoms with Gasteiger partial charge < -0.3 is 10.2 Å². The molecule has 0 aromatic carbocycles. The number of rotatable bonds is 2. The van der Waals surface area contributed by atoms with Gasteiger partial charge in [-0.15, -0.1) is 0 Å². The van der Waals surface area contributed by atoms with Gasteiger partial charge in [-0.05, 0) is 19.1 Å². The van der Waals surface area contributed by atoms with Crippen molar-refractivity contribution in [2.45, 2.75) is 26.3 Å². The molecular formula is C8H13NO. The predicted molar refractivity (Wildman–Crippen MR) is 40.7 cm³/mol. The van der Waals surface area contributed by atoms with Crippen LogP contribution in [0, 0.1) is 0 Å². The maximum Gasteiger partial charge on any atom is 0.120 e. The number of hydrogen-bond donors (Lipinski definition) is 1. The van der Waals surface area contributed by atoms with Gasteiger partial charge in [0.05, 0.1) is 6.04 Å². The fourth-order valence-electron chi connectivity index (χ4n) is 0.829. The number of nitrogens with two attached hydrogens (primary N) is 1. The molecule has 1 rings (SSSR count). The van der Waals surface area contributed by atoms with Crippen LogP contribution >= 0.6 is 0 Å². The van der Waals surface area contributed by atoms with Gasteiger partial charge in [0.25, 0.3) is 0 Å². The summed E-state index contributed by atoms with van der Waals surface area (Å²) in [6.45, 7) is 3.97. The molecule has 1 heterocycles. The first-order chi connectivity index (χ1) is 4.74. The van der Waals surface area contributed by atoms with Gasteiger partial charge in [0, 0.05) is 6.42 Å². The van der Waals surface area contributed by atoms with Crippen LogP contribution in [0.25, 0.3) is 0 Å². The second-order valence-corrected chi connectivity index (χ2v) is 2.45. The molecule has 2 nitrogen and oxygen atoms in total. The van der Waals surface area contributed by atoms with Gasteiger partial charge >= 0.3 is 0 Å². The maximum atomic E-state index is 5.59. The Morgan fingerprint density at radius 1 is 1.60 bits per heavy atom. The topological polar surface area (TPSA) is 39.2 Å². The van der Waals surface area contributed by atoms with Gasteiger partial charge in [0.1, 0.15) is 11.5 Å². The highest BCUT2D eigenvalue weighted by molar-refractivity contribution is 5.09. The zero-order chi connectivity index (χ0) is 7.56. The monoisotopic (exact) mass is 139 g/mol. The van der Waals surface area contributed by atoms with Crippen LogP contribution in [0.4, 0.5) is 0 Å². The zero-order valence-electron chi connectivity index (χ0n) is 6.42. The van der Waals surface area contributed by atoms with E-state index in [9.17, 15) is 0 Å². The Kier molecular flexibility index (Phi) is 2.12. The van der Waals surface area contributed by atoms with Crippen molar-refractivity contribution in [2.24, 2.45) is 5.73 Å². The molecule has 0 amide bonds. The van der Waals surface area contributed by atoms with Gasteiger partial charge in [0.15, 0.2) is 0 Å². The fraction of sp³-hybridized carbons (Fsp3) is 0.500. The quantitative estimate of drug-likeness (QED) is 0.679. The summed E-state index contributed by atoms with van der Waals surface area (Å²) in [6.07, 6.45) is 0.937. The van der Waals surface area contributed by atoms with E-state index in [0.717, 1.165) is 17.9 Å². The Morgan fingerprint density at radius 3 is 2.60 bits per heavy atom. The summed E-state index contributed by atoms with van der Waals surface area (Å²) in [5.74, 6) is 1.88. The summed E-state index contributed by atoms with van der Waals surface area (Å²) < 4.78 is 5.37. The Bertz CT molecular complexity index is 203. The third-order valence-electron chi connectivity index (χ3n) is 1.48. The number of hydrogen-bond acceptors (Lipinski definition) is 2. The standard InChI is InChI=1S/C8H13NO/c1-3-7-4-5-8(10-7)6(2)9/h4-6H,3,9H2,1-2H3. The first-order valence-electron chi connectivity index (χ1n) is 3.58. The van der Waals surface area contributed by atoms with Crippen molar-refractivity contribution in [2.75, 3.05) is 0 Å². The van der Waals surface area contributed by atoms with Crippen molar-refractivity contribution < 1.29 is 4.42 Å². The minimum atomic E-state index is 0.0142. The van der Waals surface area contributed by atoms with Crippen LogP contribution in [0.3, 0.4) is 0 Å². The summed E-state index contributed by atoms with van der Waals surface area (Å²) in [5, 5.41) is 0. The van der Waals surface area contributed by atoms with Gasteiger partial charge in [-0.1, -0.05) is 6.92 Å². The third-order valence-corrected chi connectivity index (χ3v) is 1.48. The van der Waals surface area contributed by atoms with E-state index in [-0.39, 0.29) is 6.04 Å². The molecule has 1 aromatic heterocycles. The molecule has 1 aromatic rings. The van der Waals surface area contributed by atoms with Crippen LogP contribution in [-0.4, -0.2) is 0 Å². The van der Waals surface area contributed by atoms with Crippen LogP contribution in [0.1, 0.15) is 31.4 Å². The third kappa shape index (κ3) is 1.39. The molecule has 1 unspecified atom stereocenters. The molecule has 0 aliphatic rings. The van der Waals surface area contributed by atoms with Crippen molar-refractivity contribution in [3.63, 3.8) is 0 Å². The van der Waals surface area contributed by atoms with Crippen molar-refractivity contribution in [3.05, 3.63) is 23.7 Å². The van der Waals surface area contributed by atoms with Crippen LogP contribution in [0.2, 0.25) is 0 Å². The summed E-state index contributed by atoms with van der Waals surface area (Å²) in [5.41, 5.74) is 5.59. The first kappa shape index (κ1) is 7.35. The molecule has 0 aliphatic heterocycles. The molecule has 0 spiro atoms. The van der Waals surface area contributed by atoms with E-state index < -0.39 is 0 Å². The average Bonchev–Trinajstić information content (AvgIpc) is 2.34. The average molecular weight is 139 g/mol. The highest BCUT2D eigenvalue weighted by Gasteiger charge is 2.03. The predicted octanol–water partition coefficient (Wildman–Crippen LogP) is 1.86. The molecule has 56 valence electrons. The Hall–Kier alpha value is -0.760. The Morgan fingerprint density at radius 2 is 2.30 bits per heavy atom. The normalized spacial score (nSPS) is 13.5. The minimum absolute atomic E-state index is 0.0142. The number of furan rings is 1. The SMILES string of the molecule is CCc1ccc(C(C)N)o1. The molecule has 0 saturated heterocycles. The van der Waals surface area contributed by atoms with Crippen molar-refractivity contribution in [1.29, 1.82) is 0 Å². The second kappa shape index (κ2) is 2.88. The Balaban J connectivity index is 2.78. The summed E-state index contributed by atoms with van der Waals surface area (Å²) in [4.78, 5) is 0. The van der Waals surface area contributed by atoms with Gasteiger partial charge in [-0.25, -0.2) is 0 Å². The lowest BCUT2D eigenvalue weighted by Gasteiger charge is -1.97. The highest BCUT2D eigenvalue weighted by atomic mass is 16.3. The van der Waals surface area contributed by atoms with Crippen LogP contribution < -0.4 is 5.73 Å². The lowest BCUT2D eigenvalue weighted by atomic mass is 10.3. The molecule has 0 saturated carbocycles. The summed E-state index contributed by atoms with van der Waals surface area (Å²) in [7, 11) is 0. The van der Waals surface area contributed by atoms with Gasteiger partial charge in [-0.2, -0.15) is 0 Å². The minimum Gasteiger partial charge on any atom is -0.464 e. The van der Waals surface area contributed by atoms with Crippen LogP contribution in [0.5, 0.6) is 0 Å².